The minimum atomic E-state index is -1.41. The zero-order valence-corrected chi connectivity index (χ0v) is 8.83. The molecule has 1 aromatic carbocycles. The van der Waals surface area contributed by atoms with Crippen LogP contribution in [0.2, 0.25) is 0 Å². The molecule has 0 bridgehead atoms. The number of benzene rings is 1. The van der Waals surface area contributed by atoms with Crippen LogP contribution >= 0.6 is 0 Å². The zero-order chi connectivity index (χ0) is 10.9. The van der Waals surface area contributed by atoms with E-state index in [1.54, 1.807) is 25.1 Å². The van der Waals surface area contributed by atoms with Gasteiger partial charge in [0.1, 0.15) is 11.4 Å². The van der Waals surface area contributed by atoms with Crippen LogP contribution in [-0.4, -0.2) is 17.7 Å². The molecule has 1 heterocycles. The molecule has 1 saturated heterocycles. The molecule has 2 rings (SSSR count). The second-order valence-electron chi connectivity index (χ2n) is 4.27. The average Bonchev–Trinajstić information content (AvgIpc) is 2.71. The number of nitrogens with one attached hydrogen (secondary N) is 1. The van der Waals surface area contributed by atoms with E-state index < -0.39 is 5.67 Å². The molecular formula is C12H16FNO. The van der Waals surface area contributed by atoms with Crippen LogP contribution in [0.4, 0.5) is 4.39 Å². The summed E-state index contributed by atoms with van der Waals surface area (Å²) >= 11 is 0. The highest BCUT2D eigenvalue weighted by atomic mass is 19.1. The smallest absolute Gasteiger partial charge is 0.148 e. The van der Waals surface area contributed by atoms with E-state index in [-0.39, 0.29) is 11.8 Å². The van der Waals surface area contributed by atoms with Gasteiger partial charge in [0, 0.05) is 6.04 Å². The van der Waals surface area contributed by atoms with Gasteiger partial charge < -0.3 is 10.4 Å². The van der Waals surface area contributed by atoms with Crippen LogP contribution in [0.25, 0.3) is 0 Å². The normalized spacial score (nSPS) is 25.1. The lowest BCUT2D eigenvalue weighted by molar-refractivity contribution is 0.136. The highest BCUT2D eigenvalue weighted by Gasteiger charge is 2.37. The van der Waals surface area contributed by atoms with E-state index in [9.17, 15) is 9.50 Å². The Kier molecular flexibility index (Phi) is 2.65. The molecule has 15 heavy (non-hydrogen) atoms. The maximum Gasteiger partial charge on any atom is 0.148 e. The molecule has 2 N–H and O–H groups in total. The fraction of sp³-hybridized carbons (Fsp3) is 0.500. The first kappa shape index (κ1) is 10.4. The number of phenolic OH excluding ortho intramolecular Hbond substituents is 1. The summed E-state index contributed by atoms with van der Waals surface area (Å²) in [6.07, 6.45) is 1.87. The van der Waals surface area contributed by atoms with E-state index in [0.717, 1.165) is 19.4 Å². The van der Waals surface area contributed by atoms with Crippen molar-refractivity contribution in [2.45, 2.75) is 31.5 Å². The van der Waals surface area contributed by atoms with E-state index in [4.69, 9.17) is 0 Å². The van der Waals surface area contributed by atoms with Crippen molar-refractivity contribution < 1.29 is 9.50 Å². The lowest BCUT2D eigenvalue weighted by Gasteiger charge is -2.28. The number of halogens is 1. The van der Waals surface area contributed by atoms with Crippen molar-refractivity contribution in [1.82, 2.24) is 5.32 Å². The molecular weight excluding hydrogens is 193 g/mol. The molecule has 82 valence electrons. The Balaban J connectivity index is 2.27. The van der Waals surface area contributed by atoms with Gasteiger partial charge in [0.15, 0.2) is 0 Å². The van der Waals surface area contributed by atoms with Crippen molar-refractivity contribution in [3.05, 3.63) is 29.8 Å². The lowest BCUT2D eigenvalue weighted by atomic mass is 9.89. The number of phenols is 1. The van der Waals surface area contributed by atoms with Gasteiger partial charge in [-0.3, -0.25) is 0 Å². The number of hydrogen-bond acceptors (Lipinski definition) is 2. The van der Waals surface area contributed by atoms with Gasteiger partial charge in [0.2, 0.25) is 0 Å². The summed E-state index contributed by atoms with van der Waals surface area (Å²) in [5.74, 6) is 0.120. The Morgan fingerprint density at radius 2 is 2.33 bits per heavy atom. The summed E-state index contributed by atoms with van der Waals surface area (Å²) in [6.45, 7) is 2.45. The van der Waals surface area contributed by atoms with Gasteiger partial charge in [0.05, 0.1) is 0 Å². The first-order valence-corrected chi connectivity index (χ1v) is 5.32. The van der Waals surface area contributed by atoms with Crippen molar-refractivity contribution in [3.8, 4) is 5.75 Å². The topological polar surface area (TPSA) is 32.3 Å². The predicted molar refractivity (Wildman–Crippen MR) is 57.6 cm³/mol. The molecule has 2 nitrogen and oxygen atoms in total. The van der Waals surface area contributed by atoms with Crippen molar-refractivity contribution >= 4 is 0 Å². The van der Waals surface area contributed by atoms with Crippen LogP contribution in [0.15, 0.2) is 24.3 Å². The molecule has 0 aliphatic carbocycles. The minimum absolute atomic E-state index is 0.120. The Hall–Kier alpha value is -1.09. The Morgan fingerprint density at radius 3 is 2.93 bits per heavy atom. The van der Waals surface area contributed by atoms with Gasteiger partial charge in [-0.1, -0.05) is 12.1 Å². The van der Waals surface area contributed by atoms with Gasteiger partial charge in [-0.2, -0.15) is 0 Å². The highest BCUT2D eigenvalue weighted by Crippen LogP contribution is 2.34. The van der Waals surface area contributed by atoms with Gasteiger partial charge >= 0.3 is 0 Å². The number of alkyl halides is 1. The van der Waals surface area contributed by atoms with Crippen LogP contribution in [0.3, 0.4) is 0 Å². The monoisotopic (exact) mass is 209 g/mol. The van der Waals surface area contributed by atoms with Gasteiger partial charge in [-0.25, -0.2) is 4.39 Å². The molecule has 2 unspecified atom stereocenters. The first-order chi connectivity index (χ1) is 7.10. The second kappa shape index (κ2) is 3.81. The van der Waals surface area contributed by atoms with E-state index >= 15 is 0 Å². The van der Waals surface area contributed by atoms with Crippen LogP contribution in [-0.2, 0) is 5.67 Å². The van der Waals surface area contributed by atoms with Crippen LogP contribution < -0.4 is 5.32 Å². The summed E-state index contributed by atoms with van der Waals surface area (Å²) in [7, 11) is 0. The molecule has 2 atom stereocenters. The number of rotatable bonds is 2. The second-order valence-corrected chi connectivity index (χ2v) is 4.27. The quantitative estimate of drug-likeness (QED) is 0.783. The van der Waals surface area contributed by atoms with Gasteiger partial charge in [0.25, 0.3) is 0 Å². The SMILES string of the molecule is CC(F)(c1cccc(O)c1)C1CCCN1. The van der Waals surface area contributed by atoms with Crippen molar-refractivity contribution in [2.75, 3.05) is 6.54 Å². The maximum absolute atomic E-state index is 14.5. The largest absolute Gasteiger partial charge is 0.508 e. The summed E-state index contributed by atoms with van der Waals surface area (Å²) in [5, 5.41) is 12.5. The Morgan fingerprint density at radius 1 is 1.53 bits per heavy atom. The standard InChI is InChI=1S/C12H16FNO/c1-12(13,11-6-3-7-14-11)9-4-2-5-10(15)8-9/h2,4-5,8,11,14-15H,3,6-7H2,1H3. The van der Waals surface area contributed by atoms with Gasteiger partial charge in [-0.15, -0.1) is 0 Å². The van der Waals surface area contributed by atoms with Crippen LogP contribution in [0.1, 0.15) is 25.3 Å². The van der Waals surface area contributed by atoms with Crippen LogP contribution in [0, 0.1) is 0 Å². The Bertz CT molecular complexity index is 345. The third kappa shape index (κ3) is 1.97. The van der Waals surface area contributed by atoms with E-state index in [0.29, 0.717) is 5.56 Å². The third-order valence-electron chi connectivity index (χ3n) is 3.13. The third-order valence-corrected chi connectivity index (χ3v) is 3.13. The lowest BCUT2D eigenvalue weighted by Crippen LogP contribution is -2.39. The number of hydrogen-bond donors (Lipinski definition) is 2. The highest BCUT2D eigenvalue weighted by molar-refractivity contribution is 5.32. The van der Waals surface area contributed by atoms with E-state index in [1.807, 2.05) is 0 Å². The molecule has 1 aliphatic rings. The molecule has 1 aliphatic heterocycles. The molecule has 1 fully saturated rings. The first-order valence-electron chi connectivity index (χ1n) is 5.32. The Labute approximate surface area is 89.1 Å². The van der Waals surface area contributed by atoms with Gasteiger partial charge in [-0.05, 0) is 44.0 Å². The molecule has 0 radical (unpaired) electrons. The molecule has 0 saturated carbocycles. The van der Waals surface area contributed by atoms with Crippen LogP contribution in [0.5, 0.6) is 5.75 Å². The summed E-state index contributed by atoms with van der Waals surface area (Å²) in [5.41, 5.74) is -0.864. The summed E-state index contributed by atoms with van der Waals surface area (Å²) < 4.78 is 14.5. The maximum atomic E-state index is 14.5. The molecule has 1 aromatic rings. The van der Waals surface area contributed by atoms with Crippen molar-refractivity contribution in [2.24, 2.45) is 0 Å². The van der Waals surface area contributed by atoms with E-state index in [1.165, 1.54) is 6.07 Å². The van der Waals surface area contributed by atoms with Crippen molar-refractivity contribution in [1.29, 1.82) is 0 Å². The predicted octanol–water partition coefficient (Wildman–Crippen LogP) is 2.33. The number of aromatic hydroxyl groups is 1. The summed E-state index contributed by atoms with van der Waals surface area (Å²) in [6, 6.07) is 6.32. The fourth-order valence-electron chi connectivity index (χ4n) is 2.16. The fourth-order valence-corrected chi connectivity index (χ4v) is 2.16. The van der Waals surface area contributed by atoms with Crippen molar-refractivity contribution in [3.63, 3.8) is 0 Å². The molecule has 3 heteroatoms. The molecule has 0 spiro atoms. The summed E-state index contributed by atoms with van der Waals surface area (Å²) in [4.78, 5) is 0. The molecule has 0 amide bonds. The zero-order valence-electron chi connectivity index (χ0n) is 8.83. The van der Waals surface area contributed by atoms with E-state index in [2.05, 4.69) is 5.32 Å². The minimum Gasteiger partial charge on any atom is -0.508 e. The average molecular weight is 209 g/mol. The molecule has 0 aromatic heterocycles.